The Hall–Kier alpha value is -2.73. The van der Waals surface area contributed by atoms with Gasteiger partial charge in [0.1, 0.15) is 5.69 Å². The van der Waals surface area contributed by atoms with E-state index in [0.717, 1.165) is 0 Å². The molecule has 104 valence electrons. The molecular weight excluding hydrogens is 292 g/mol. The van der Waals surface area contributed by atoms with Gasteiger partial charge in [-0.1, -0.05) is 28.9 Å². The highest BCUT2D eigenvalue weighted by Crippen LogP contribution is 2.24. The quantitative estimate of drug-likeness (QED) is 0.804. The van der Waals surface area contributed by atoms with E-state index in [1.165, 1.54) is 4.68 Å². The maximum Gasteiger partial charge on any atom is 0.358 e. The van der Waals surface area contributed by atoms with Crippen LogP contribution >= 0.6 is 11.6 Å². The smallest absolute Gasteiger partial charge is 0.358 e. The largest absolute Gasteiger partial charge is 0.476 e. The molecule has 0 aliphatic heterocycles. The predicted molar refractivity (Wildman–Crippen MR) is 76.6 cm³/mol. The molecule has 21 heavy (non-hydrogen) atoms. The molecule has 2 heterocycles. The molecular formula is C14H9ClN4O2. The third-order valence-electron chi connectivity index (χ3n) is 2.83. The number of aromatic nitrogens is 4. The number of rotatable bonds is 3. The Morgan fingerprint density at radius 3 is 2.71 bits per heavy atom. The summed E-state index contributed by atoms with van der Waals surface area (Å²) in [6.07, 6.45) is 1.58. The van der Waals surface area contributed by atoms with E-state index in [1.54, 1.807) is 48.7 Å². The molecule has 1 N–H and O–H groups in total. The third-order valence-corrected chi connectivity index (χ3v) is 3.07. The highest BCUT2D eigenvalue weighted by Gasteiger charge is 2.22. The van der Waals surface area contributed by atoms with Crippen LogP contribution in [0.15, 0.2) is 48.7 Å². The molecule has 3 rings (SSSR count). The van der Waals surface area contributed by atoms with Crippen molar-refractivity contribution in [2.75, 3.05) is 0 Å². The van der Waals surface area contributed by atoms with Crippen LogP contribution in [0.1, 0.15) is 10.5 Å². The van der Waals surface area contributed by atoms with Crippen molar-refractivity contribution in [3.05, 3.63) is 59.4 Å². The van der Waals surface area contributed by atoms with Crippen LogP contribution in [0, 0.1) is 0 Å². The minimum absolute atomic E-state index is 0.159. The van der Waals surface area contributed by atoms with Crippen molar-refractivity contribution in [1.29, 1.82) is 0 Å². The van der Waals surface area contributed by atoms with Gasteiger partial charge in [-0.3, -0.25) is 4.98 Å². The molecule has 0 amide bonds. The van der Waals surface area contributed by atoms with Gasteiger partial charge in [-0.15, -0.1) is 5.10 Å². The van der Waals surface area contributed by atoms with Crippen LogP contribution in [0.4, 0.5) is 0 Å². The van der Waals surface area contributed by atoms with Crippen molar-refractivity contribution >= 4 is 17.6 Å². The highest BCUT2D eigenvalue weighted by molar-refractivity contribution is 6.30. The molecule has 0 aliphatic carbocycles. The molecule has 2 aromatic heterocycles. The lowest BCUT2D eigenvalue weighted by molar-refractivity contribution is 0.0691. The standard InChI is InChI=1S/C14H9ClN4O2/c15-9-4-3-5-10(8-9)19-13(11-6-1-2-7-16-11)12(14(20)21)17-18-19/h1-8H,(H,20,21). The molecule has 0 spiro atoms. The van der Waals surface area contributed by atoms with Crippen molar-refractivity contribution < 1.29 is 9.90 Å². The first-order valence-corrected chi connectivity index (χ1v) is 6.41. The Bertz CT molecular complexity index is 802. The van der Waals surface area contributed by atoms with Gasteiger partial charge in [0.2, 0.25) is 0 Å². The second-order valence-corrected chi connectivity index (χ2v) is 4.63. The van der Waals surface area contributed by atoms with Crippen molar-refractivity contribution in [3.8, 4) is 17.1 Å². The monoisotopic (exact) mass is 300 g/mol. The van der Waals surface area contributed by atoms with E-state index < -0.39 is 5.97 Å². The first-order chi connectivity index (χ1) is 10.2. The number of carboxylic acid groups (broad SMARTS) is 1. The average Bonchev–Trinajstić information content (AvgIpc) is 2.93. The molecule has 7 heteroatoms. The second kappa shape index (κ2) is 5.34. The molecule has 0 radical (unpaired) electrons. The van der Waals surface area contributed by atoms with Crippen LogP contribution in [-0.4, -0.2) is 31.1 Å². The first kappa shape index (κ1) is 13.3. The first-order valence-electron chi connectivity index (χ1n) is 6.03. The van der Waals surface area contributed by atoms with E-state index in [2.05, 4.69) is 15.3 Å². The van der Waals surface area contributed by atoms with Gasteiger partial charge >= 0.3 is 5.97 Å². The zero-order valence-electron chi connectivity index (χ0n) is 10.6. The van der Waals surface area contributed by atoms with Gasteiger partial charge in [0.15, 0.2) is 5.69 Å². The number of benzene rings is 1. The molecule has 0 aliphatic rings. The Morgan fingerprint density at radius 1 is 1.19 bits per heavy atom. The summed E-state index contributed by atoms with van der Waals surface area (Å²) in [5.41, 5.74) is 1.24. The molecule has 0 saturated carbocycles. The summed E-state index contributed by atoms with van der Waals surface area (Å²) >= 11 is 5.97. The predicted octanol–water partition coefficient (Wildman–Crippen LogP) is 2.68. The fourth-order valence-electron chi connectivity index (χ4n) is 1.95. The fourth-order valence-corrected chi connectivity index (χ4v) is 2.13. The van der Waals surface area contributed by atoms with Gasteiger partial charge < -0.3 is 5.11 Å². The lowest BCUT2D eigenvalue weighted by atomic mass is 10.2. The van der Waals surface area contributed by atoms with E-state index in [9.17, 15) is 9.90 Å². The lowest BCUT2D eigenvalue weighted by Gasteiger charge is -2.06. The summed E-state index contributed by atoms with van der Waals surface area (Å²) in [7, 11) is 0. The zero-order valence-corrected chi connectivity index (χ0v) is 11.4. The number of aromatic carboxylic acids is 1. The summed E-state index contributed by atoms with van der Waals surface area (Å²) < 4.78 is 1.41. The van der Waals surface area contributed by atoms with Crippen molar-refractivity contribution in [2.45, 2.75) is 0 Å². The van der Waals surface area contributed by atoms with Crippen molar-refractivity contribution in [1.82, 2.24) is 20.0 Å². The van der Waals surface area contributed by atoms with Crippen LogP contribution in [0.25, 0.3) is 17.1 Å². The maximum atomic E-state index is 11.3. The molecule has 0 unspecified atom stereocenters. The van der Waals surface area contributed by atoms with Crippen LogP contribution in [0.2, 0.25) is 5.02 Å². The normalized spacial score (nSPS) is 10.5. The summed E-state index contributed by atoms with van der Waals surface area (Å²) in [4.78, 5) is 15.5. The number of carboxylic acids is 1. The number of nitrogens with zero attached hydrogens (tertiary/aromatic N) is 4. The minimum atomic E-state index is -1.16. The molecule has 0 bridgehead atoms. The van der Waals surface area contributed by atoms with Gasteiger partial charge in [-0.05, 0) is 30.3 Å². The van der Waals surface area contributed by atoms with E-state index in [-0.39, 0.29) is 5.69 Å². The highest BCUT2D eigenvalue weighted by atomic mass is 35.5. The molecule has 0 atom stereocenters. The molecule has 6 nitrogen and oxygen atoms in total. The van der Waals surface area contributed by atoms with E-state index in [1.807, 2.05) is 0 Å². The minimum Gasteiger partial charge on any atom is -0.476 e. The average molecular weight is 301 g/mol. The Kier molecular flexibility index (Phi) is 3.37. The topological polar surface area (TPSA) is 80.9 Å². The maximum absolute atomic E-state index is 11.3. The van der Waals surface area contributed by atoms with E-state index in [4.69, 9.17) is 11.6 Å². The molecule has 1 aromatic carbocycles. The Balaban J connectivity index is 2.25. The van der Waals surface area contributed by atoms with Crippen LogP contribution in [0.5, 0.6) is 0 Å². The zero-order chi connectivity index (χ0) is 14.8. The van der Waals surface area contributed by atoms with Crippen LogP contribution in [-0.2, 0) is 0 Å². The second-order valence-electron chi connectivity index (χ2n) is 4.20. The van der Waals surface area contributed by atoms with Crippen molar-refractivity contribution in [2.24, 2.45) is 0 Å². The summed E-state index contributed by atoms with van der Waals surface area (Å²) in [5.74, 6) is -1.16. The SMILES string of the molecule is O=C(O)c1nnn(-c2cccc(Cl)c2)c1-c1ccccn1. The number of halogens is 1. The van der Waals surface area contributed by atoms with Gasteiger partial charge in [0, 0.05) is 11.2 Å². The number of pyridine rings is 1. The summed E-state index contributed by atoms with van der Waals surface area (Å²) in [5, 5.41) is 17.4. The number of hydrogen-bond acceptors (Lipinski definition) is 4. The van der Waals surface area contributed by atoms with Crippen LogP contribution < -0.4 is 0 Å². The number of carbonyl (C=O) groups is 1. The summed E-state index contributed by atoms with van der Waals surface area (Å²) in [6.45, 7) is 0. The number of hydrogen-bond donors (Lipinski definition) is 1. The Labute approximate surface area is 124 Å². The molecule has 3 aromatic rings. The van der Waals surface area contributed by atoms with Gasteiger partial charge in [-0.25, -0.2) is 9.48 Å². The lowest BCUT2D eigenvalue weighted by Crippen LogP contribution is -2.04. The fraction of sp³-hybridized carbons (Fsp3) is 0. The van der Waals surface area contributed by atoms with Gasteiger partial charge in [-0.2, -0.15) is 0 Å². The van der Waals surface area contributed by atoms with Gasteiger partial charge in [0.25, 0.3) is 0 Å². The van der Waals surface area contributed by atoms with Crippen molar-refractivity contribution in [3.63, 3.8) is 0 Å². The summed E-state index contributed by atoms with van der Waals surface area (Å²) in [6, 6.07) is 12.1. The molecule has 0 saturated heterocycles. The van der Waals surface area contributed by atoms with Crippen LogP contribution in [0.3, 0.4) is 0 Å². The Morgan fingerprint density at radius 2 is 2.05 bits per heavy atom. The van der Waals surface area contributed by atoms with E-state index >= 15 is 0 Å². The van der Waals surface area contributed by atoms with Gasteiger partial charge in [0.05, 0.1) is 11.4 Å². The molecule has 0 fully saturated rings. The third kappa shape index (κ3) is 2.48. The van der Waals surface area contributed by atoms with E-state index in [0.29, 0.717) is 22.1 Å².